The second-order valence-corrected chi connectivity index (χ2v) is 4.88. The Morgan fingerprint density at radius 2 is 2.18 bits per heavy atom. The molecule has 1 aromatic heterocycles. The summed E-state index contributed by atoms with van der Waals surface area (Å²) in [4.78, 5) is 47.9. The van der Waals surface area contributed by atoms with Gasteiger partial charge in [-0.1, -0.05) is 0 Å². The minimum atomic E-state index is -2.16. The number of furan rings is 1. The van der Waals surface area contributed by atoms with Gasteiger partial charge in [0.15, 0.2) is 11.4 Å². The van der Waals surface area contributed by atoms with Gasteiger partial charge in [-0.05, 0) is 19.1 Å². The van der Waals surface area contributed by atoms with Crippen molar-refractivity contribution in [2.75, 3.05) is 13.2 Å². The number of hydrogen-bond acceptors (Lipinski definition) is 7. The van der Waals surface area contributed by atoms with Gasteiger partial charge in [-0.3, -0.25) is 24.1 Å². The summed E-state index contributed by atoms with van der Waals surface area (Å²) in [7, 11) is 0. The predicted octanol–water partition coefficient (Wildman–Crippen LogP) is -0.0945. The van der Waals surface area contributed by atoms with Crippen LogP contribution >= 0.6 is 0 Å². The number of carbonyl (C=O) groups excluding carboxylic acids is 4. The molecule has 1 aliphatic rings. The second-order valence-electron chi connectivity index (χ2n) is 4.88. The van der Waals surface area contributed by atoms with E-state index >= 15 is 0 Å². The lowest BCUT2D eigenvalue weighted by molar-refractivity contribution is -0.156. The number of Topliss-reactive ketones (excluding diaryl/α,β-unsaturated/α-hetero) is 1. The zero-order valence-corrected chi connectivity index (χ0v) is 11.9. The van der Waals surface area contributed by atoms with E-state index in [1.807, 2.05) is 0 Å². The van der Waals surface area contributed by atoms with Crippen LogP contribution in [0.4, 0.5) is 0 Å². The maximum Gasteiger partial charge on any atom is 0.309 e. The number of nitrogens with zero attached hydrogens (tertiary/aromatic N) is 1. The van der Waals surface area contributed by atoms with Gasteiger partial charge in [0.25, 0.3) is 5.91 Å². The minimum absolute atomic E-state index is 0.00133. The van der Waals surface area contributed by atoms with Crippen molar-refractivity contribution in [1.82, 2.24) is 4.90 Å². The molecule has 1 unspecified atom stereocenters. The van der Waals surface area contributed by atoms with Crippen molar-refractivity contribution in [2.45, 2.75) is 25.4 Å². The highest BCUT2D eigenvalue weighted by atomic mass is 16.5. The van der Waals surface area contributed by atoms with Gasteiger partial charge in [0.05, 0.1) is 32.3 Å². The van der Waals surface area contributed by atoms with Gasteiger partial charge in [-0.15, -0.1) is 0 Å². The fourth-order valence-corrected chi connectivity index (χ4v) is 2.19. The molecule has 1 N–H and O–H groups in total. The van der Waals surface area contributed by atoms with E-state index in [4.69, 9.17) is 4.42 Å². The van der Waals surface area contributed by atoms with Crippen LogP contribution in [0.5, 0.6) is 0 Å². The molecular formula is C14H15NO7. The van der Waals surface area contributed by atoms with Crippen molar-refractivity contribution in [1.29, 1.82) is 0 Å². The number of rotatable bonds is 6. The molecule has 1 aliphatic heterocycles. The zero-order valence-electron chi connectivity index (χ0n) is 11.9. The molecular weight excluding hydrogens is 294 g/mol. The summed E-state index contributed by atoms with van der Waals surface area (Å²) in [6.45, 7) is 1.13. The van der Waals surface area contributed by atoms with Crippen molar-refractivity contribution >= 4 is 23.6 Å². The Bertz CT molecular complexity index is 607. The molecule has 0 radical (unpaired) electrons. The summed E-state index contributed by atoms with van der Waals surface area (Å²) in [6, 6.07) is 2.90. The largest absolute Gasteiger partial charge is 0.466 e. The highest BCUT2D eigenvalue weighted by Gasteiger charge is 2.52. The average molecular weight is 309 g/mol. The summed E-state index contributed by atoms with van der Waals surface area (Å²) in [5.74, 6) is -3.07. The Morgan fingerprint density at radius 3 is 2.77 bits per heavy atom. The van der Waals surface area contributed by atoms with E-state index in [1.165, 1.54) is 18.4 Å². The van der Waals surface area contributed by atoms with Gasteiger partial charge in [0.2, 0.25) is 11.7 Å². The molecule has 0 aromatic carbocycles. The first kappa shape index (κ1) is 15.9. The van der Waals surface area contributed by atoms with Crippen LogP contribution in [0.2, 0.25) is 0 Å². The number of aliphatic hydroxyl groups is 1. The quantitative estimate of drug-likeness (QED) is 0.443. The van der Waals surface area contributed by atoms with E-state index in [1.54, 1.807) is 6.92 Å². The molecule has 0 spiro atoms. The summed E-state index contributed by atoms with van der Waals surface area (Å²) >= 11 is 0. The molecule has 2 rings (SSSR count). The maximum atomic E-state index is 12.1. The van der Waals surface area contributed by atoms with Crippen LogP contribution in [0.1, 0.15) is 30.3 Å². The number of ketones is 1. The molecule has 0 bridgehead atoms. The molecule has 1 aromatic rings. The van der Waals surface area contributed by atoms with Crippen LogP contribution in [-0.2, 0) is 19.1 Å². The van der Waals surface area contributed by atoms with Crippen molar-refractivity contribution in [3.05, 3.63) is 24.2 Å². The summed E-state index contributed by atoms with van der Waals surface area (Å²) in [5, 5.41) is 10.2. The first-order valence-corrected chi connectivity index (χ1v) is 6.67. The molecule has 2 amide bonds. The summed E-state index contributed by atoms with van der Waals surface area (Å²) in [5.41, 5.74) is -2.16. The lowest BCUT2D eigenvalue weighted by Gasteiger charge is -2.19. The van der Waals surface area contributed by atoms with Crippen LogP contribution < -0.4 is 0 Å². The first-order chi connectivity index (χ1) is 10.4. The Hall–Kier alpha value is -2.48. The molecule has 1 atom stereocenters. The standard InChI is InChI=1S/C14H15NO7/c1-2-21-12(18)7-14(20)6-11(17)15(13(14)19)8-9(16)10-4-3-5-22-10/h3-5,20H,2,6-8H2,1H3. The lowest BCUT2D eigenvalue weighted by atomic mass is 9.98. The van der Waals surface area contributed by atoms with E-state index in [9.17, 15) is 24.3 Å². The van der Waals surface area contributed by atoms with Gasteiger partial charge in [0, 0.05) is 0 Å². The van der Waals surface area contributed by atoms with Gasteiger partial charge in [0.1, 0.15) is 0 Å². The molecule has 22 heavy (non-hydrogen) atoms. The fourth-order valence-electron chi connectivity index (χ4n) is 2.19. The highest BCUT2D eigenvalue weighted by molar-refractivity contribution is 6.12. The normalized spacial score (nSPS) is 21.3. The molecule has 1 fully saturated rings. The van der Waals surface area contributed by atoms with Gasteiger partial charge in [-0.2, -0.15) is 0 Å². The highest BCUT2D eigenvalue weighted by Crippen LogP contribution is 2.28. The van der Waals surface area contributed by atoms with Gasteiger partial charge >= 0.3 is 5.97 Å². The van der Waals surface area contributed by atoms with Gasteiger partial charge in [-0.25, -0.2) is 0 Å². The zero-order chi connectivity index (χ0) is 16.3. The van der Waals surface area contributed by atoms with E-state index in [0.29, 0.717) is 4.90 Å². The van der Waals surface area contributed by atoms with Crippen LogP contribution in [0, 0.1) is 0 Å². The third-order valence-electron chi connectivity index (χ3n) is 3.23. The molecule has 0 aliphatic carbocycles. The summed E-state index contributed by atoms with van der Waals surface area (Å²) in [6.07, 6.45) is 0.102. The smallest absolute Gasteiger partial charge is 0.309 e. The van der Waals surface area contributed by atoms with Crippen molar-refractivity contribution in [2.24, 2.45) is 0 Å². The van der Waals surface area contributed by atoms with Crippen LogP contribution in [-0.4, -0.2) is 52.3 Å². The first-order valence-electron chi connectivity index (χ1n) is 6.67. The van der Waals surface area contributed by atoms with Crippen molar-refractivity contribution in [3.8, 4) is 0 Å². The number of esters is 1. The second kappa shape index (κ2) is 6.10. The number of carbonyl (C=O) groups is 4. The predicted molar refractivity (Wildman–Crippen MR) is 70.6 cm³/mol. The van der Waals surface area contributed by atoms with Gasteiger partial charge < -0.3 is 14.3 Å². The third-order valence-corrected chi connectivity index (χ3v) is 3.23. The van der Waals surface area contributed by atoms with Crippen LogP contribution in [0.3, 0.4) is 0 Å². The number of likely N-dealkylation sites (tertiary alicyclic amines) is 1. The van der Waals surface area contributed by atoms with Crippen molar-refractivity contribution < 1.29 is 33.4 Å². The number of hydrogen-bond donors (Lipinski definition) is 1. The molecule has 8 nitrogen and oxygen atoms in total. The number of ether oxygens (including phenoxy) is 1. The fraction of sp³-hybridized carbons (Fsp3) is 0.429. The topological polar surface area (TPSA) is 114 Å². The van der Waals surface area contributed by atoms with E-state index in [-0.39, 0.29) is 12.4 Å². The van der Waals surface area contributed by atoms with E-state index in [0.717, 1.165) is 0 Å². The molecule has 2 heterocycles. The van der Waals surface area contributed by atoms with E-state index < -0.39 is 48.6 Å². The van der Waals surface area contributed by atoms with Crippen LogP contribution in [0.25, 0.3) is 0 Å². The third kappa shape index (κ3) is 3.06. The van der Waals surface area contributed by atoms with Crippen molar-refractivity contribution in [3.63, 3.8) is 0 Å². The Morgan fingerprint density at radius 1 is 1.45 bits per heavy atom. The molecule has 1 saturated heterocycles. The monoisotopic (exact) mass is 309 g/mol. The average Bonchev–Trinajstić information content (AvgIpc) is 3.03. The lowest BCUT2D eigenvalue weighted by Crippen LogP contribution is -2.43. The maximum absolute atomic E-state index is 12.1. The number of imide groups is 1. The molecule has 118 valence electrons. The Balaban J connectivity index is 2.08. The van der Waals surface area contributed by atoms with Crippen LogP contribution in [0.15, 0.2) is 22.8 Å². The SMILES string of the molecule is CCOC(=O)CC1(O)CC(=O)N(CC(=O)c2ccco2)C1=O. The molecule has 0 saturated carbocycles. The molecule has 8 heteroatoms. The minimum Gasteiger partial charge on any atom is -0.466 e. The van der Waals surface area contributed by atoms with E-state index in [2.05, 4.69) is 4.74 Å². The summed E-state index contributed by atoms with van der Waals surface area (Å²) < 4.78 is 9.55. The Kier molecular flexibility index (Phi) is 4.41. The number of amides is 2. The Labute approximate surface area is 125 Å².